The SMILES string of the molecule is C=C[C@]12OC(=O)N(CCCCn3cnc(-c4cccnc4)c3)[C@@H]1CC(=O)[C@H](C)C[C@@](C)(OC)[C@H](OC1O[C@H](C)C[C@H](N(C)C)[C@H]1O)[C@@H](C)C(=O)[C@@H](C)C(=O)O[C@@H]2CC. The molecule has 15 nitrogen and oxygen atoms in total. The number of rotatable bonds is 12. The van der Waals surface area contributed by atoms with Gasteiger partial charge < -0.3 is 43.2 Å². The molecule has 0 bridgehead atoms. The summed E-state index contributed by atoms with van der Waals surface area (Å²) in [6.45, 7) is 15.3. The van der Waals surface area contributed by atoms with Crippen molar-refractivity contribution in [2.24, 2.45) is 17.8 Å². The summed E-state index contributed by atoms with van der Waals surface area (Å²) in [5.74, 6) is -4.35. The fourth-order valence-corrected chi connectivity index (χ4v) is 8.89. The first-order valence-electron chi connectivity index (χ1n) is 20.5. The Morgan fingerprint density at radius 3 is 2.48 bits per heavy atom. The highest BCUT2D eigenvalue weighted by Gasteiger charge is 2.59. The number of unbranched alkanes of at least 4 members (excludes halogenated alkanes) is 1. The molecular weight excluding hydrogens is 746 g/mol. The van der Waals surface area contributed by atoms with Crippen LogP contribution in [0.15, 0.2) is 49.7 Å². The van der Waals surface area contributed by atoms with E-state index in [0.717, 1.165) is 11.3 Å². The first-order valence-corrected chi connectivity index (χ1v) is 20.5. The van der Waals surface area contributed by atoms with Crippen LogP contribution in [-0.2, 0) is 44.6 Å². The van der Waals surface area contributed by atoms with Crippen molar-refractivity contribution in [2.75, 3.05) is 27.7 Å². The molecule has 3 aliphatic rings. The van der Waals surface area contributed by atoms with Crippen LogP contribution in [0.25, 0.3) is 11.3 Å². The summed E-state index contributed by atoms with van der Waals surface area (Å²) in [6.07, 6.45) is 5.49. The Labute approximate surface area is 342 Å². The minimum atomic E-state index is -1.57. The molecule has 0 aromatic carbocycles. The number of methoxy groups -OCH3 is 1. The van der Waals surface area contributed by atoms with Crippen LogP contribution in [0.4, 0.5) is 4.79 Å². The average Bonchev–Trinajstić information content (AvgIpc) is 3.79. The van der Waals surface area contributed by atoms with Crippen molar-refractivity contribution in [3.63, 3.8) is 0 Å². The summed E-state index contributed by atoms with van der Waals surface area (Å²) >= 11 is 0. The molecule has 2 aromatic heterocycles. The molecule has 0 aliphatic carbocycles. The number of amides is 1. The maximum atomic E-state index is 14.5. The monoisotopic (exact) mass is 809 g/mol. The average molecular weight is 810 g/mol. The van der Waals surface area contributed by atoms with Crippen molar-refractivity contribution < 1.29 is 48.0 Å². The lowest BCUT2D eigenvalue weighted by Gasteiger charge is -2.46. The number of pyridine rings is 1. The Kier molecular flexibility index (Phi) is 14.7. The summed E-state index contributed by atoms with van der Waals surface area (Å²) in [7, 11) is 5.22. The van der Waals surface area contributed by atoms with Gasteiger partial charge in [0, 0.05) is 68.7 Å². The van der Waals surface area contributed by atoms with E-state index in [4.69, 9.17) is 23.7 Å². The van der Waals surface area contributed by atoms with Crippen LogP contribution in [0.3, 0.4) is 0 Å². The van der Waals surface area contributed by atoms with E-state index in [1.165, 1.54) is 20.1 Å². The molecule has 1 unspecified atom stereocenters. The summed E-state index contributed by atoms with van der Waals surface area (Å²) < 4.78 is 33.1. The normalized spacial score (nSPS) is 35.3. The number of carbonyl (C=O) groups excluding carboxylic acids is 4. The lowest BCUT2D eigenvalue weighted by Crippen LogP contribution is -2.59. The molecule has 0 spiro atoms. The lowest BCUT2D eigenvalue weighted by molar-refractivity contribution is -0.295. The van der Waals surface area contributed by atoms with E-state index in [1.807, 2.05) is 48.8 Å². The molecule has 5 heterocycles. The van der Waals surface area contributed by atoms with Crippen LogP contribution >= 0.6 is 0 Å². The zero-order valence-corrected chi connectivity index (χ0v) is 35.5. The number of ether oxygens (including phenoxy) is 5. The van der Waals surface area contributed by atoms with Crippen LogP contribution in [0.2, 0.25) is 0 Å². The van der Waals surface area contributed by atoms with Crippen molar-refractivity contribution in [2.45, 2.75) is 141 Å². The van der Waals surface area contributed by atoms with E-state index >= 15 is 0 Å². The molecular formula is C43H63N5O10. The minimum Gasteiger partial charge on any atom is -0.457 e. The van der Waals surface area contributed by atoms with Crippen molar-refractivity contribution in [3.05, 3.63) is 49.7 Å². The minimum absolute atomic E-state index is 0.116. The number of aryl methyl sites for hydroxylation is 1. The Hall–Kier alpha value is -4.02. The molecule has 15 heteroatoms. The van der Waals surface area contributed by atoms with E-state index in [0.29, 0.717) is 25.8 Å². The van der Waals surface area contributed by atoms with Gasteiger partial charge in [-0.2, -0.15) is 0 Å². The van der Waals surface area contributed by atoms with Crippen LogP contribution in [-0.4, -0.2) is 135 Å². The van der Waals surface area contributed by atoms with Gasteiger partial charge in [-0.25, -0.2) is 9.78 Å². The topological polar surface area (TPSA) is 172 Å². The molecule has 1 amide bonds. The van der Waals surface area contributed by atoms with Gasteiger partial charge in [0.2, 0.25) is 0 Å². The van der Waals surface area contributed by atoms with Crippen molar-refractivity contribution in [3.8, 4) is 11.3 Å². The molecule has 1 N–H and O–H groups in total. The van der Waals surface area contributed by atoms with Gasteiger partial charge in [-0.3, -0.25) is 19.4 Å². The number of carbonyl (C=O) groups is 4. The first-order chi connectivity index (χ1) is 27.5. The third-order valence-corrected chi connectivity index (χ3v) is 12.5. The maximum Gasteiger partial charge on any atom is 0.411 e. The molecule has 320 valence electrons. The van der Waals surface area contributed by atoms with Crippen LogP contribution < -0.4 is 0 Å². The number of aliphatic hydroxyl groups is 1. The number of esters is 1. The van der Waals surface area contributed by atoms with E-state index in [2.05, 4.69) is 16.5 Å². The molecule has 3 fully saturated rings. The fraction of sp³-hybridized carbons (Fsp3) is 0.674. The lowest BCUT2D eigenvalue weighted by atomic mass is 9.76. The van der Waals surface area contributed by atoms with Crippen molar-refractivity contribution in [1.82, 2.24) is 24.3 Å². The zero-order chi connectivity index (χ0) is 42.5. The number of Topliss-reactive ketones (excluding diaryl/α,β-unsaturated/α-hetero) is 2. The molecule has 3 aliphatic heterocycles. The Morgan fingerprint density at radius 1 is 1.12 bits per heavy atom. The highest BCUT2D eigenvalue weighted by molar-refractivity contribution is 6.00. The highest BCUT2D eigenvalue weighted by atomic mass is 16.7. The van der Waals surface area contributed by atoms with Gasteiger partial charge in [0.05, 0.1) is 35.9 Å². The number of likely N-dealkylation sites (N-methyl/N-ethyl adjacent to an activating group) is 1. The number of hydrogen-bond acceptors (Lipinski definition) is 13. The Balaban J connectivity index is 1.43. The predicted molar refractivity (Wildman–Crippen MR) is 214 cm³/mol. The molecule has 0 saturated carbocycles. The standard InChI is InChI=1S/C43H63N5O10/c1-11-35-43(12-2)34(48(41(53)58-43)19-14-13-18-47-24-31(45-25-47)30-16-15-17-44-23-30)21-33(49)26(3)22-42(7,54-10)38(28(5)36(50)29(6)39(52)56-35)57-40-37(51)32(46(8)9)20-27(4)55-40/h12,15-17,23-29,32,34-35,37-38,40,51H,2,11,13-14,18-22H2,1,3-10H3/t26-,27-,28+,29-,32+,34-,35-,37-,38-,40?,42-,43+/m1/s1. The van der Waals surface area contributed by atoms with Gasteiger partial charge in [0.1, 0.15) is 23.9 Å². The number of cyclic esters (lactones) is 1. The molecule has 58 heavy (non-hydrogen) atoms. The number of nitrogens with zero attached hydrogens (tertiary/aromatic N) is 5. The van der Waals surface area contributed by atoms with Crippen LogP contribution in [0, 0.1) is 17.8 Å². The smallest absolute Gasteiger partial charge is 0.411 e. The number of imidazole rings is 1. The van der Waals surface area contributed by atoms with E-state index < -0.39 is 77.4 Å². The molecule has 0 radical (unpaired) electrons. The molecule has 12 atom stereocenters. The third kappa shape index (κ3) is 9.38. The molecule has 5 rings (SSSR count). The van der Waals surface area contributed by atoms with E-state index in [9.17, 15) is 24.3 Å². The predicted octanol–water partition coefficient (Wildman–Crippen LogP) is 4.85. The quantitative estimate of drug-likeness (QED) is 0.134. The van der Waals surface area contributed by atoms with Gasteiger partial charge in [-0.15, -0.1) is 0 Å². The number of hydrogen-bond donors (Lipinski definition) is 1. The van der Waals surface area contributed by atoms with Crippen molar-refractivity contribution >= 4 is 23.6 Å². The Morgan fingerprint density at radius 2 is 1.84 bits per heavy atom. The maximum absolute atomic E-state index is 14.5. The van der Waals surface area contributed by atoms with Crippen molar-refractivity contribution in [1.29, 1.82) is 0 Å². The second-order valence-electron chi connectivity index (χ2n) is 16.7. The van der Waals surface area contributed by atoms with E-state index in [1.54, 1.807) is 51.3 Å². The Bertz CT molecular complexity index is 1760. The second kappa shape index (κ2) is 18.9. The van der Waals surface area contributed by atoms with Crippen LogP contribution in [0.1, 0.15) is 80.1 Å². The second-order valence-corrected chi connectivity index (χ2v) is 16.7. The molecule has 2 aromatic rings. The summed E-state index contributed by atoms with van der Waals surface area (Å²) in [6, 6.07) is 2.66. The summed E-state index contributed by atoms with van der Waals surface area (Å²) in [5.41, 5.74) is -1.13. The van der Waals surface area contributed by atoms with Crippen LogP contribution in [0.5, 0.6) is 0 Å². The number of ketones is 2. The fourth-order valence-electron chi connectivity index (χ4n) is 8.89. The summed E-state index contributed by atoms with van der Waals surface area (Å²) in [5, 5.41) is 11.4. The van der Waals surface area contributed by atoms with Gasteiger partial charge in [-0.1, -0.05) is 27.4 Å². The largest absolute Gasteiger partial charge is 0.457 e. The van der Waals surface area contributed by atoms with Gasteiger partial charge >= 0.3 is 12.1 Å². The number of aromatic nitrogens is 3. The van der Waals surface area contributed by atoms with Gasteiger partial charge in [0.15, 0.2) is 17.7 Å². The van der Waals surface area contributed by atoms with E-state index in [-0.39, 0.29) is 43.7 Å². The zero-order valence-electron chi connectivity index (χ0n) is 35.5. The number of fused-ring (bicyclic) bond motifs is 1. The van der Waals surface area contributed by atoms with Gasteiger partial charge in [-0.05, 0) is 85.2 Å². The summed E-state index contributed by atoms with van der Waals surface area (Å²) in [4.78, 5) is 68.7. The first kappa shape index (κ1) is 45.1. The third-order valence-electron chi connectivity index (χ3n) is 12.5. The van der Waals surface area contributed by atoms with Gasteiger partial charge in [0.25, 0.3) is 0 Å². The molecule has 3 saturated heterocycles. The highest BCUT2D eigenvalue weighted by Crippen LogP contribution is 2.42. The number of aliphatic hydroxyl groups excluding tert-OH is 1.